The summed E-state index contributed by atoms with van der Waals surface area (Å²) in [4.78, 5) is 8.29. The largest absolute Gasteiger partial charge is 0.493 e. The van der Waals surface area contributed by atoms with Crippen molar-refractivity contribution in [2.24, 2.45) is 5.92 Å². The molecule has 1 N–H and O–H groups in total. The lowest BCUT2D eigenvalue weighted by Crippen LogP contribution is -2.02. The number of hydrogen-bond donors (Lipinski definition) is 1. The van der Waals surface area contributed by atoms with E-state index in [0.29, 0.717) is 11.7 Å². The van der Waals surface area contributed by atoms with E-state index in [1.807, 2.05) is 13.8 Å². The van der Waals surface area contributed by atoms with Gasteiger partial charge in [-0.2, -0.15) is 4.98 Å². The van der Waals surface area contributed by atoms with Crippen molar-refractivity contribution in [3.8, 4) is 5.88 Å². The van der Waals surface area contributed by atoms with Gasteiger partial charge in [-0.1, -0.05) is 27.7 Å². The van der Waals surface area contributed by atoms with Crippen molar-refractivity contribution in [1.29, 1.82) is 0 Å². The van der Waals surface area contributed by atoms with Crippen LogP contribution in [0.15, 0.2) is 6.20 Å². The second-order valence-electron chi connectivity index (χ2n) is 4.33. The van der Waals surface area contributed by atoms with Gasteiger partial charge < -0.3 is 5.11 Å². The van der Waals surface area contributed by atoms with Crippen molar-refractivity contribution in [3.63, 3.8) is 0 Å². The van der Waals surface area contributed by atoms with E-state index in [9.17, 15) is 5.11 Å². The second-order valence-corrected chi connectivity index (χ2v) is 4.33. The molecule has 0 atom stereocenters. The number of rotatable bonds is 3. The molecule has 0 aliphatic carbocycles. The third-order valence-electron chi connectivity index (χ3n) is 2.00. The molecular weight excluding hydrogens is 176 g/mol. The molecule has 0 radical (unpaired) electrons. The average molecular weight is 194 g/mol. The van der Waals surface area contributed by atoms with Gasteiger partial charge in [0, 0.05) is 17.7 Å². The lowest BCUT2D eigenvalue weighted by Gasteiger charge is -2.08. The molecule has 0 aliphatic heterocycles. The van der Waals surface area contributed by atoms with Crippen molar-refractivity contribution < 1.29 is 5.11 Å². The first kappa shape index (κ1) is 11.0. The summed E-state index contributed by atoms with van der Waals surface area (Å²) < 4.78 is 0. The molecule has 0 amide bonds. The highest BCUT2D eigenvalue weighted by Gasteiger charge is 2.09. The fourth-order valence-electron chi connectivity index (χ4n) is 1.27. The van der Waals surface area contributed by atoms with E-state index in [0.717, 1.165) is 12.0 Å². The maximum Gasteiger partial charge on any atom is 0.217 e. The second kappa shape index (κ2) is 4.40. The van der Waals surface area contributed by atoms with Gasteiger partial charge in [-0.25, -0.2) is 4.98 Å². The summed E-state index contributed by atoms with van der Waals surface area (Å²) in [6, 6.07) is 0. The Morgan fingerprint density at radius 1 is 1.29 bits per heavy atom. The fraction of sp³-hybridized carbons (Fsp3) is 0.636. The minimum atomic E-state index is 0.136. The van der Waals surface area contributed by atoms with E-state index >= 15 is 0 Å². The average Bonchev–Trinajstić information content (AvgIpc) is 2.07. The summed E-state index contributed by atoms with van der Waals surface area (Å²) in [7, 11) is 0. The van der Waals surface area contributed by atoms with Gasteiger partial charge in [0.1, 0.15) is 5.82 Å². The van der Waals surface area contributed by atoms with Crippen LogP contribution >= 0.6 is 0 Å². The maximum atomic E-state index is 9.64. The lowest BCUT2D eigenvalue weighted by molar-refractivity contribution is 0.434. The molecule has 0 aliphatic rings. The van der Waals surface area contributed by atoms with Crippen LogP contribution in [0.5, 0.6) is 5.88 Å². The molecule has 1 rings (SSSR count). The van der Waals surface area contributed by atoms with Crippen LogP contribution in [0, 0.1) is 5.92 Å². The zero-order valence-electron chi connectivity index (χ0n) is 9.28. The molecular formula is C11H18N2O. The number of aromatic hydroxyl groups is 1. The van der Waals surface area contributed by atoms with Gasteiger partial charge in [-0.15, -0.1) is 0 Å². The van der Waals surface area contributed by atoms with E-state index < -0.39 is 0 Å². The summed E-state index contributed by atoms with van der Waals surface area (Å²) >= 11 is 0. The standard InChI is InChI=1S/C11H18N2O/c1-7(2)5-9-6-12-10(8(3)4)13-11(9)14/h6-8H,5H2,1-4H3,(H,12,13,14). The lowest BCUT2D eigenvalue weighted by atomic mass is 10.1. The molecule has 3 heteroatoms. The Morgan fingerprint density at radius 3 is 2.36 bits per heavy atom. The van der Waals surface area contributed by atoms with Gasteiger partial charge in [0.05, 0.1) is 0 Å². The molecule has 78 valence electrons. The molecule has 1 aromatic rings. The zero-order chi connectivity index (χ0) is 10.7. The third-order valence-corrected chi connectivity index (χ3v) is 2.00. The van der Waals surface area contributed by atoms with Crippen molar-refractivity contribution in [1.82, 2.24) is 9.97 Å². The predicted octanol–water partition coefficient (Wildman–Crippen LogP) is 2.50. The Hall–Kier alpha value is -1.12. The first-order chi connectivity index (χ1) is 6.50. The molecule has 0 unspecified atom stereocenters. The quantitative estimate of drug-likeness (QED) is 0.804. The highest BCUT2D eigenvalue weighted by atomic mass is 16.3. The molecule has 0 aromatic carbocycles. The van der Waals surface area contributed by atoms with Crippen LogP contribution in [0.2, 0.25) is 0 Å². The van der Waals surface area contributed by atoms with Gasteiger partial charge in [0.25, 0.3) is 0 Å². The van der Waals surface area contributed by atoms with E-state index in [2.05, 4.69) is 23.8 Å². The summed E-state index contributed by atoms with van der Waals surface area (Å²) in [6.07, 6.45) is 2.56. The van der Waals surface area contributed by atoms with Gasteiger partial charge >= 0.3 is 0 Å². The number of hydrogen-bond acceptors (Lipinski definition) is 3. The Balaban J connectivity index is 2.90. The van der Waals surface area contributed by atoms with Crippen LogP contribution in [0.25, 0.3) is 0 Å². The summed E-state index contributed by atoms with van der Waals surface area (Å²) in [5, 5.41) is 9.64. The Labute approximate surface area is 85.2 Å². The molecule has 0 saturated heterocycles. The first-order valence-corrected chi connectivity index (χ1v) is 5.05. The monoisotopic (exact) mass is 194 g/mol. The van der Waals surface area contributed by atoms with Gasteiger partial charge in [-0.3, -0.25) is 0 Å². The fourth-order valence-corrected chi connectivity index (χ4v) is 1.27. The van der Waals surface area contributed by atoms with Crippen LogP contribution in [0.3, 0.4) is 0 Å². The molecule has 14 heavy (non-hydrogen) atoms. The molecule has 1 aromatic heterocycles. The highest BCUT2D eigenvalue weighted by Crippen LogP contribution is 2.19. The Bertz CT molecular complexity index is 308. The van der Waals surface area contributed by atoms with Crippen molar-refractivity contribution in [3.05, 3.63) is 17.6 Å². The topological polar surface area (TPSA) is 46.0 Å². The predicted molar refractivity (Wildman–Crippen MR) is 56.3 cm³/mol. The molecule has 1 heterocycles. The van der Waals surface area contributed by atoms with Crippen LogP contribution in [0.4, 0.5) is 0 Å². The van der Waals surface area contributed by atoms with Crippen LogP contribution in [-0.2, 0) is 6.42 Å². The zero-order valence-corrected chi connectivity index (χ0v) is 9.28. The van der Waals surface area contributed by atoms with Gasteiger partial charge in [0.2, 0.25) is 5.88 Å². The molecule has 0 saturated carbocycles. The smallest absolute Gasteiger partial charge is 0.217 e. The van der Waals surface area contributed by atoms with Gasteiger partial charge in [-0.05, 0) is 12.3 Å². The Kier molecular flexibility index (Phi) is 3.44. The number of nitrogens with zero attached hydrogens (tertiary/aromatic N) is 2. The minimum Gasteiger partial charge on any atom is -0.493 e. The Morgan fingerprint density at radius 2 is 1.93 bits per heavy atom. The van der Waals surface area contributed by atoms with Gasteiger partial charge in [0.15, 0.2) is 0 Å². The molecule has 0 fully saturated rings. The van der Waals surface area contributed by atoms with E-state index in [1.165, 1.54) is 0 Å². The van der Waals surface area contributed by atoms with E-state index in [4.69, 9.17) is 0 Å². The van der Waals surface area contributed by atoms with Crippen molar-refractivity contribution >= 4 is 0 Å². The maximum absolute atomic E-state index is 9.64. The summed E-state index contributed by atoms with van der Waals surface area (Å²) in [6.45, 7) is 8.24. The van der Waals surface area contributed by atoms with Crippen molar-refractivity contribution in [2.45, 2.75) is 40.0 Å². The van der Waals surface area contributed by atoms with Crippen LogP contribution < -0.4 is 0 Å². The molecule has 3 nitrogen and oxygen atoms in total. The number of aromatic nitrogens is 2. The normalized spacial score (nSPS) is 11.3. The minimum absolute atomic E-state index is 0.136. The highest BCUT2D eigenvalue weighted by molar-refractivity contribution is 5.23. The van der Waals surface area contributed by atoms with Crippen LogP contribution in [-0.4, -0.2) is 15.1 Å². The van der Waals surface area contributed by atoms with E-state index in [1.54, 1.807) is 6.20 Å². The molecule has 0 bridgehead atoms. The van der Waals surface area contributed by atoms with Crippen molar-refractivity contribution in [2.75, 3.05) is 0 Å². The third kappa shape index (κ3) is 2.69. The SMILES string of the molecule is CC(C)Cc1cnc(C(C)C)nc1O. The summed E-state index contributed by atoms with van der Waals surface area (Å²) in [5.41, 5.74) is 0.837. The summed E-state index contributed by atoms with van der Waals surface area (Å²) in [5.74, 6) is 1.61. The van der Waals surface area contributed by atoms with E-state index in [-0.39, 0.29) is 11.8 Å². The molecule has 0 spiro atoms. The first-order valence-electron chi connectivity index (χ1n) is 5.05. The van der Waals surface area contributed by atoms with Crippen LogP contribution in [0.1, 0.15) is 45.0 Å².